The minimum absolute atomic E-state index is 0.0492. The number of anilines is 1. The number of carbonyl (C=O) groups is 1. The number of benzene rings is 3. The summed E-state index contributed by atoms with van der Waals surface area (Å²) in [7, 11) is -0.753. The van der Waals surface area contributed by atoms with Crippen LogP contribution in [0.5, 0.6) is 17.2 Å². The summed E-state index contributed by atoms with van der Waals surface area (Å²) in [6, 6.07) is 16.4. The number of fused-ring (bicyclic) bond motifs is 1. The number of amides is 1. The summed E-state index contributed by atoms with van der Waals surface area (Å²) in [5, 5.41) is 0.320. The molecule has 1 amide bonds. The molecule has 0 aliphatic carbocycles. The average Bonchev–Trinajstić information content (AvgIpc) is 2.97. The highest BCUT2D eigenvalue weighted by molar-refractivity contribution is 7.92. The Morgan fingerprint density at radius 1 is 1.06 bits per heavy atom. The molecule has 0 atom stereocenters. The van der Waals surface area contributed by atoms with E-state index in [2.05, 4.69) is 4.72 Å². The van der Waals surface area contributed by atoms with E-state index >= 15 is 0 Å². The molecule has 10 heteroatoms. The van der Waals surface area contributed by atoms with Crippen LogP contribution in [0.2, 0.25) is 5.02 Å². The zero-order valence-electron chi connectivity index (χ0n) is 18.6. The first kappa shape index (κ1) is 23.7. The molecular formula is C24H23ClN2O6S. The molecule has 1 aliphatic rings. The second-order valence-corrected chi connectivity index (χ2v) is 9.70. The van der Waals surface area contributed by atoms with Crippen molar-refractivity contribution in [3.63, 3.8) is 0 Å². The van der Waals surface area contributed by atoms with Gasteiger partial charge >= 0.3 is 0 Å². The number of hydrogen-bond donors (Lipinski definition) is 1. The number of ether oxygens (including phenoxy) is 3. The third-order valence-corrected chi connectivity index (χ3v) is 6.94. The van der Waals surface area contributed by atoms with E-state index in [0.29, 0.717) is 33.5 Å². The fourth-order valence-corrected chi connectivity index (χ4v) is 5.06. The highest BCUT2D eigenvalue weighted by Crippen LogP contribution is 2.33. The van der Waals surface area contributed by atoms with Crippen molar-refractivity contribution in [1.29, 1.82) is 0 Å². The van der Waals surface area contributed by atoms with Gasteiger partial charge in [-0.15, -0.1) is 0 Å². The van der Waals surface area contributed by atoms with Crippen LogP contribution in [0.4, 0.5) is 5.69 Å². The third-order valence-electron chi connectivity index (χ3n) is 5.33. The zero-order valence-corrected chi connectivity index (χ0v) is 20.2. The number of hydrogen-bond acceptors (Lipinski definition) is 6. The molecular weight excluding hydrogens is 480 g/mol. The molecule has 0 bridgehead atoms. The third kappa shape index (κ3) is 5.05. The normalized spacial score (nSPS) is 13.5. The minimum atomic E-state index is -3.85. The summed E-state index contributed by atoms with van der Waals surface area (Å²) < 4.78 is 44.6. The number of carbonyl (C=O) groups excluding carboxylic acids is 1. The van der Waals surface area contributed by atoms with E-state index in [0.717, 1.165) is 5.56 Å². The van der Waals surface area contributed by atoms with E-state index < -0.39 is 10.0 Å². The lowest BCUT2D eigenvalue weighted by molar-refractivity contribution is -0.133. The molecule has 0 saturated heterocycles. The highest BCUT2D eigenvalue weighted by Gasteiger charge is 2.24. The van der Waals surface area contributed by atoms with E-state index in [4.69, 9.17) is 25.8 Å². The van der Waals surface area contributed by atoms with Crippen LogP contribution >= 0.6 is 11.6 Å². The van der Waals surface area contributed by atoms with Gasteiger partial charge in [0.1, 0.15) is 5.75 Å². The average molecular weight is 503 g/mol. The molecule has 0 fully saturated rings. The van der Waals surface area contributed by atoms with Crippen LogP contribution in [-0.2, 0) is 27.9 Å². The fraction of sp³-hybridized carbons (Fsp3) is 0.208. The lowest BCUT2D eigenvalue weighted by Gasteiger charge is -2.22. The van der Waals surface area contributed by atoms with Gasteiger partial charge in [-0.05, 0) is 42.5 Å². The number of para-hydroxylation sites is 1. The molecule has 178 valence electrons. The van der Waals surface area contributed by atoms with E-state index in [1.165, 1.54) is 12.1 Å². The molecule has 4 rings (SSSR count). The molecule has 3 aromatic carbocycles. The van der Waals surface area contributed by atoms with Gasteiger partial charge in [0, 0.05) is 34.9 Å². The zero-order chi connectivity index (χ0) is 24.3. The number of nitrogens with one attached hydrogen (secondary N) is 1. The number of nitrogens with zero attached hydrogens (tertiary/aromatic N) is 1. The molecule has 1 heterocycles. The van der Waals surface area contributed by atoms with Crippen molar-refractivity contribution in [2.75, 3.05) is 25.5 Å². The Balaban J connectivity index is 1.60. The monoisotopic (exact) mass is 502 g/mol. The van der Waals surface area contributed by atoms with Gasteiger partial charge in [-0.25, -0.2) is 8.42 Å². The van der Waals surface area contributed by atoms with Gasteiger partial charge < -0.3 is 19.1 Å². The standard InChI is InChI=1S/C24H23ClN2O6S/c1-31-22-8-3-5-16(24(22)32-2)13-27-14-17-11-19(9-10-21(17)33-15-23(27)28)26-34(29,30)20-7-4-6-18(25)12-20/h3-12,26H,13-15H2,1-2H3. The molecule has 8 nitrogen and oxygen atoms in total. The lowest BCUT2D eigenvalue weighted by Crippen LogP contribution is -2.32. The second-order valence-electron chi connectivity index (χ2n) is 7.58. The van der Waals surface area contributed by atoms with Crippen LogP contribution in [-0.4, -0.2) is 40.1 Å². The van der Waals surface area contributed by atoms with Gasteiger partial charge in [-0.2, -0.15) is 0 Å². The van der Waals surface area contributed by atoms with Crippen LogP contribution in [0.3, 0.4) is 0 Å². The van der Waals surface area contributed by atoms with Gasteiger partial charge in [-0.3, -0.25) is 9.52 Å². The summed E-state index contributed by atoms with van der Waals surface area (Å²) >= 11 is 5.94. The van der Waals surface area contributed by atoms with Crippen molar-refractivity contribution < 1.29 is 27.4 Å². The summed E-state index contributed by atoms with van der Waals surface area (Å²) in [4.78, 5) is 14.4. The van der Waals surface area contributed by atoms with E-state index in [1.807, 2.05) is 12.1 Å². The van der Waals surface area contributed by atoms with E-state index in [-0.39, 0.29) is 30.5 Å². The quantitative estimate of drug-likeness (QED) is 0.523. The Bertz CT molecular complexity index is 1330. The Morgan fingerprint density at radius 2 is 1.85 bits per heavy atom. The fourth-order valence-electron chi connectivity index (χ4n) is 3.71. The second kappa shape index (κ2) is 9.82. The van der Waals surface area contributed by atoms with E-state index in [9.17, 15) is 13.2 Å². The Labute approximate surface area is 203 Å². The molecule has 0 aromatic heterocycles. The summed E-state index contributed by atoms with van der Waals surface area (Å²) in [5.74, 6) is 1.42. The maximum Gasteiger partial charge on any atom is 0.261 e. The largest absolute Gasteiger partial charge is 0.493 e. The van der Waals surface area contributed by atoms with Crippen LogP contribution in [0.1, 0.15) is 11.1 Å². The SMILES string of the molecule is COc1cccc(CN2Cc3cc(NS(=O)(=O)c4cccc(Cl)c4)ccc3OCC2=O)c1OC. The topological polar surface area (TPSA) is 94.2 Å². The molecule has 0 radical (unpaired) electrons. The number of rotatable bonds is 7. The first-order valence-electron chi connectivity index (χ1n) is 10.3. The number of methoxy groups -OCH3 is 2. The number of sulfonamides is 1. The molecule has 1 aliphatic heterocycles. The van der Waals surface area contributed by atoms with Crippen LogP contribution in [0, 0.1) is 0 Å². The van der Waals surface area contributed by atoms with Crippen molar-refractivity contribution in [2.45, 2.75) is 18.0 Å². The van der Waals surface area contributed by atoms with Gasteiger partial charge in [-0.1, -0.05) is 29.8 Å². The van der Waals surface area contributed by atoms with Gasteiger partial charge in [0.2, 0.25) is 0 Å². The van der Waals surface area contributed by atoms with Crippen molar-refractivity contribution in [3.05, 3.63) is 76.8 Å². The summed E-state index contributed by atoms with van der Waals surface area (Å²) in [5.41, 5.74) is 1.78. The maximum absolute atomic E-state index is 12.8. The van der Waals surface area contributed by atoms with Gasteiger partial charge in [0.05, 0.1) is 19.1 Å². The predicted octanol–water partition coefficient (Wildman–Crippen LogP) is 4.08. The van der Waals surface area contributed by atoms with Gasteiger partial charge in [0.15, 0.2) is 18.1 Å². The van der Waals surface area contributed by atoms with Crippen molar-refractivity contribution in [2.24, 2.45) is 0 Å². The smallest absolute Gasteiger partial charge is 0.261 e. The maximum atomic E-state index is 12.8. The summed E-state index contributed by atoms with van der Waals surface area (Å²) in [6.07, 6.45) is 0. The minimum Gasteiger partial charge on any atom is -0.493 e. The van der Waals surface area contributed by atoms with Crippen molar-refractivity contribution in [1.82, 2.24) is 4.90 Å². The molecule has 1 N–H and O–H groups in total. The lowest BCUT2D eigenvalue weighted by atomic mass is 10.1. The van der Waals surface area contributed by atoms with Gasteiger partial charge in [0.25, 0.3) is 15.9 Å². The molecule has 0 unspecified atom stereocenters. The molecule has 34 heavy (non-hydrogen) atoms. The van der Waals surface area contributed by atoms with E-state index in [1.54, 1.807) is 55.5 Å². The predicted molar refractivity (Wildman–Crippen MR) is 128 cm³/mol. The first-order valence-corrected chi connectivity index (χ1v) is 12.2. The number of halogens is 1. The Kier molecular flexibility index (Phi) is 6.85. The first-order chi connectivity index (χ1) is 16.3. The van der Waals surface area contributed by atoms with Crippen LogP contribution in [0.25, 0.3) is 0 Å². The van der Waals surface area contributed by atoms with Crippen molar-refractivity contribution in [3.8, 4) is 17.2 Å². The Morgan fingerprint density at radius 3 is 2.59 bits per heavy atom. The van der Waals surface area contributed by atoms with Crippen LogP contribution < -0.4 is 18.9 Å². The van der Waals surface area contributed by atoms with Crippen LogP contribution in [0.15, 0.2) is 65.6 Å². The summed E-state index contributed by atoms with van der Waals surface area (Å²) in [6.45, 7) is 0.356. The molecule has 0 spiro atoms. The van der Waals surface area contributed by atoms with Crippen molar-refractivity contribution >= 4 is 33.2 Å². The molecule has 0 saturated carbocycles. The Hall–Kier alpha value is -3.43. The highest BCUT2D eigenvalue weighted by atomic mass is 35.5. The molecule has 3 aromatic rings.